The molecule has 0 radical (unpaired) electrons. The quantitative estimate of drug-likeness (QED) is 0.844. The molecule has 0 aromatic heterocycles. The van der Waals surface area contributed by atoms with Gasteiger partial charge in [0.15, 0.2) is 0 Å². The van der Waals surface area contributed by atoms with Crippen LogP contribution in [0.5, 0.6) is 0 Å². The Bertz CT molecular complexity index is 511. The van der Waals surface area contributed by atoms with Crippen molar-refractivity contribution in [2.45, 2.75) is 19.4 Å². The highest BCUT2D eigenvalue weighted by Gasteiger charge is 2.26. The zero-order chi connectivity index (χ0) is 15.2. The number of carbonyl (C=O) groups is 1. The molecule has 1 amide bonds. The number of nitrogens with zero attached hydrogens (tertiary/aromatic N) is 3. The summed E-state index contributed by atoms with van der Waals surface area (Å²) in [6.45, 7) is 4.21. The number of amides is 1. The second-order valence-electron chi connectivity index (χ2n) is 5.64. The maximum absolute atomic E-state index is 12.5. The molecule has 2 rings (SSSR count). The molecular formula is C16H22N4O. The number of benzene rings is 1. The first-order valence-corrected chi connectivity index (χ1v) is 7.32. The summed E-state index contributed by atoms with van der Waals surface area (Å²) in [5.41, 5.74) is 6.77. The number of nitrogens with two attached hydrogens (primary N) is 1. The summed E-state index contributed by atoms with van der Waals surface area (Å²) in [6, 6.07) is 11.6. The van der Waals surface area contributed by atoms with Gasteiger partial charge in [0, 0.05) is 24.8 Å². The Morgan fingerprint density at radius 2 is 2.19 bits per heavy atom. The topological polar surface area (TPSA) is 73.4 Å². The first kappa shape index (κ1) is 15.5. The van der Waals surface area contributed by atoms with Gasteiger partial charge in [-0.15, -0.1) is 0 Å². The fraction of sp³-hybridized carbons (Fsp3) is 0.500. The second-order valence-corrected chi connectivity index (χ2v) is 5.64. The van der Waals surface area contributed by atoms with Crippen LogP contribution in [0.1, 0.15) is 13.3 Å². The molecule has 1 aromatic carbocycles. The average molecular weight is 286 g/mol. The van der Waals surface area contributed by atoms with Crippen LogP contribution in [0.15, 0.2) is 30.3 Å². The van der Waals surface area contributed by atoms with Gasteiger partial charge in [0.2, 0.25) is 5.91 Å². The van der Waals surface area contributed by atoms with Crippen LogP contribution in [0, 0.1) is 17.2 Å². The van der Waals surface area contributed by atoms with Gasteiger partial charge in [-0.05, 0) is 24.5 Å². The molecule has 5 heteroatoms. The summed E-state index contributed by atoms with van der Waals surface area (Å²) in [5.74, 6) is 0.359. The number of para-hydroxylation sites is 1. The third-order valence-corrected chi connectivity index (χ3v) is 4.01. The lowest BCUT2D eigenvalue weighted by Gasteiger charge is -2.35. The van der Waals surface area contributed by atoms with E-state index in [1.54, 1.807) is 4.90 Å². The number of anilines is 1. The van der Waals surface area contributed by atoms with E-state index >= 15 is 0 Å². The lowest BCUT2D eigenvalue weighted by molar-refractivity contribution is -0.120. The van der Waals surface area contributed by atoms with E-state index in [0.717, 1.165) is 25.2 Å². The maximum Gasteiger partial charge on any atom is 0.242 e. The Kier molecular flexibility index (Phi) is 5.32. The molecule has 0 bridgehead atoms. The summed E-state index contributed by atoms with van der Waals surface area (Å²) in [5, 5.41) is 8.96. The van der Waals surface area contributed by atoms with Crippen molar-refractivity contribution in [2.75, 3.05) is 31.1 Å². The minimum atomic E-state index is -0.0366. The lowest BCUT2D eigenvalue weighted by Crippen LogP contribution is -2.49. The molecule has 5 nitrogen and oxygen atoms in total. The highest BCUT2D eigenvalue weighted by Crippen LogP contribution is 2.17. The third-order valence-electron chi connectivity index (χ3n) is 4.01. The average Bonchev–Trinajstić information content (AvgIpc) is 2.49. The number of rotatable bonds is 4. The monoisotopic (exact) mass is 286 g/mol. The summed E-state index contributed by atoms with van der Waals surface area (Å²) in [6.07, 6.45) is 0.915. The molecule has 0 spiro atoms. The molecule has 1 heterocycles. The van der Waals surface area contributed by atoms with Crippen LogP contribution in [0.3, 0.4) is 0 Å². The standard InChI is InChI=1S/C16H22N4O/c1-13-11-19(9-7-15(13)18)12-16(21)20(10-8-17)14-5-3-2-4-6-14/h2-6,13,15H,7,9-12,18H2,1H3. The fourth-order valence-corrected chi connectivity index (χ4v) is 2.67. The van der Waals surface area contributed by atoms with E-state index in [2.05, 4.69) is 17.9 Å². The van der Waals surface area contributed by atoms with E-state index in [4.69, 9.17) is 11.0 Å². The highest BCUT2D eigenvalue weighted by atomic mass is 16.2. The largest absolute Gasteiger partial charge is 0.327 e. The van der Waals surface area contributed by atoms with Gasteiger partial charge in [-0.3, -0.25) is 14.6 Å². The van der Waals surface area contributed by atoms with Crippen molar-refractivity contribution in [1.82, 2.24) is 4.90 Å². The van der Waals surface area contributed by atoms with E-state index in [0.29, 0.717) is 12.5 Å². The number of hydrogen-bond donors (Lipinski definition) is 1. The van der Waals surface area contributed by atoms with Gasteiger partial charge in [0.05, 0.1) is 12.6 Å². The Morgan fingerprint density at radius 1 is 1.48 bits per heavy atom. The first-order valence-electron chi connectivity index (χ1n) is 7.32. The number of likely N-dealkylation sites (tertiary alicyclic amines) is 1. The van der Waals surface area contributed by atoms with Crippen molar-refractivity contribution in [2.24, 2.45) is 11.7 Å². The summed E-state index contributed by atoms with van der Waals surface area (Å²) in [4.78, 5) is 16.2. The van der Waals surface area contributed by atoms with E-state index in [1.165, 1.54) is 0 Å². The lowest BCUT2D eigenvalue weighted by atomic mass is 9.95. The molecule has 1 aromatic rings. The number of piperidine rings is 1. The zero-order valence-corrected chi connectivity index (χ0v) is 12.4. The van der Waals surface area contributed by atoms with Crippen LogP contribution in [-0.2, 0) is 4.79 Å². The summed E-state index contributed by atoms with van der Waals surface area (Å²) in [7, 11) is 0. The van der Waals surface area contributed by atoms with E-state index < -0.39 is 0 Å². The molecule has 2 atom stereocenters. The molecule has 112 valence electrons. The number of hydrogen-bond acceptors (Lipinski definition) is 4. The Morgan fingerprint density at radius 3 is 2.81 bits per heavy atom. The van der Waals surface area contributed by atoms with Gasteiger partial charge in [-0.2, -0.15) is 5.26 Å². The van der Waals surface area contributed by atoms with Crippen LogP contribution >= 0.6 is 0 Å². The van der Waals surface area contributed by atoms with Crippen molar-refractivity contribution < 1.29 is 4.79 Å². The molecule has 0 aliphatic carbocycles. The van der Waals surface area contributed by atoms with Gasteiger partial charge in [0.1, 0.15) is 6.54 Å². The molecule has 1 aliphatic heterocycles. The second kappa shape index (κ2) is 7.21. The molecule has 2 unspecified atom stereocenters. The Labute approximate surface area is 125 Å². The number of carbonyl (C=O) groups excluding carboxylic acids is 1. The van der Waals surface area contributed by atoms with Gasteiger partial charge in [-0.1, -0.05) is 25.1 Å². The molecule has 1 aliphatic rings. The van der Waals surface area contributed by atoms with Gasteiger partial charge in [-0.25, -0.2) is 0 Å². The van der Waals surface area contributed by atoms with E-state index in [1.807, 2.05) is 30.3 Å². The SMILES string of the molecule is CC1CN(CC(=O)N(CC#N)c2ccccc2)CCC1N. The molecule has 2 N–H and O–H groups in total. The van der Waals surface area contributed by atoms with Crippen LogP contribution in [0.2, 0.25) is 0 Å². The number of nitriles is 1. The zero-order valence-electron chi connectivity index (χ0n) is 12.4. The predicted molar refractivity (Wildman–Crippen MR) is 82.6 cm³/mol. The summed E-state index contributed by atoms with van der Waals surface area (Å²) >= 11 is 0. The van der Waals surface area contributed by atoms with Crippen molar-refractivity contribution in [3.63, 3.8) is 0 Å². The van der Waals surface area contributed by atoms with E-state index in [9.17, 15) is 4.79 Å². The third kappa shape index (κ3) is 4.03. The molecule has 1 fully saturated rings. The Balaban J connectivity index is 2.01. The van der Waals surface area contributed by atoms with Crippen LogP contribution in [-0.4, -0.2) is 43.0 Å². The predicted octanol–water partition coefficient (Wildman–Crippen LogP) is 1.21. The van der Waals surface area contributed by atoms with Crippen molar-refractivity contribution >= 4 is 11.6 Å². The summed E-state index contributed by atoms with van der Waals surface area (Å²) < 4.78 is 0. The smallest absolute Gasteiger partial charge is 0.242 e. The molecule has 1 saturated heterocycles. The molecular weight excluding hydrogens is 264 g/mol. The van der Waals surface area contributed by atoms with Crippen molar-refractivity contribution in [1.29, 1.82) is 5.26 Å². The maximum atomic E-state index is 12.5. The van der Waals surface area contributed by atoms with Crippen LogP contribution in [0.25, 0.3) is 0 Å². The van der Waals surface area contributed by atoms with Gasteiger partial charge in [0.25, 0.3) is 0 Å². The molecule has 21 heavy (non-hydrogen) atoms. The highest BCUT2D eigenvalue weighted by molar-refractivity contribution is 5.95. The Hall–Kier alpha value is -1.90. The van der Waals surface area contributed by atoms with Gasteiger partial charge < -0.3 is 5.73 Å². The van der Waals surface area contributed by atoms with Gasteiger partial charge >= 0.3 is 0 Å². The fourth-order valence-electron chi connectivity index (χ4n) is 2.67. The van der Waals surface area contributed by atoms with Crippen molar-refractivity contribution in [3.8, 4) is 6.07 Å². The van der Waals surface area contributed by atoms with Crippen LogP contribution in [0.4, 0.5) is 5.69 Å². The van der Waals surface area contributed by atoms with Crippen molar-refractivity contribution in [3.05, 3.63) is 30.3 Å². The minimum Gasteiger partial charge on any atom is -0.327 e. The minimum absolute atomic E-state index is 0.0366. The van der Waals surface area contributed by atoms with Crippen LogP contribution < -0.4 is 10.6 Å². The molecule has 0 saturated carbocycles. The first-order chi connectivity index (χ1) is 10.1. The normalized spacial score (nSPS) is 22.5. The van der Waals surface area contributed by atoms with E-state index in [-0.39, 0.29) is 18.5 Å².